The summed E-state index contributed by atoms with van der Waals surface area (Å²) in [6.07, 6.45) is 2.15. The first-order valence-electron chi connectivity index (χ1n) is 7.38. The number of ether oxygens (including phenoxy) is 2. The molecule has 3 aromatic rings. The monoisotopic (exact) mass is 352 g/mol. The van der Waals surface area contributed by atoms with Gasteiger partial charge in [-0.2, -0.15) is 0 Å². The molecule has 0 fully saturated rings. The summed E-state index contributed by atoms with van der Waals surface area (Å²) in [5.74, 6) is -0.583. The summed E-state index contributed by atoms with van der Waals surface area (Å²) in [4.78, 5) is 23.6. The quantitative estimate of drug-likeness (QED) is 0.292. The predicted octanol–water partition coefficient (Wildman–Crippen LogP) is 4.83. The van der Waals surface area contributed by atoms with Crippen LogP contribution >= 0.6 is 11.6 Å². The normalized spacial score (nSPS) is 10.4. The highest BCUT2D eigenvalue weighted by Gasteiger charge is 2.20. The Balaban J connectivity index is 2.47. The van der Waals surface area contributed by atoms with E-state index in [0.29, 0.717) is 38.1 Å². The maximum absolute atomic E-state index is 11.8. The highest BCUT2D eigenvalue weighted by atomic mass is 35.5. The van der Waals surface area contributed by atoms with Gasteiger partial charge in [-0.1, -0.05) is 61.2 Å². The molecule has 0 radical (unpaired) electrons. The van der Waals surface area contributed by atoms with Crippen molar-refractivity contribution in [3.05, 3.63) is 72.8 Å². The summed E-state index contributed by atoms with van der Waals surface area (Å²) in [6, 6.07) is 12.2. The summed E-state index contributed by atoms with van der Waals surface area (Å²) in [6.45, 7) is 6.84. The van der Waals surface area contributed by atoms with Crippen molar-refractivity contribution < 1.29 is 19.1 Å². The Labute approximate surface area is 148 Å². The molecule has 0 unspecified atom stereocenters. The minimum absolute atomic E-state index is 0.291. The first-order chi connectivity index (χ1) is 12.1. The topological polar surface area (TPSA) is 52.6 Å². The molecule has 3 rings (SSSR count). The van der Waals surface area contributed by atoms with Crippen molar-refractivity contribution in [3.63, 3.8) is 0 Å². The van der Waals surface area contributed by atoms with Crippen molar-refractivity contribution in [3.8, 4) is 11.5 Å². The van der Waals surface area contributed by atoms with Gasteiger partial charge in [0.25, 0.3) is 0 Å². The molecule has 25 heavy (non-hydrogen) atoms. The maximum Gasteiger partial charge on any atom is 0.335 e. The molecule has 4 nitrogen and oxygen atoms in total. The van der Waals surface area contributed by atoms with E-state index in [-0.39, 0.29) is 0 Å². The van der Waals surface area contributed by atoms with Crippen LogP contribution in [-0.2, 0) is 9.59 Å². The lowest BCUT2D eigenvalue weighted by Crippen LogP contribution is -2.07. The SMILES string of the molecule is C=CC(=O)Oc1c2ccccc2c(OC(=O)C=C)c2c(Cl)cccc12. The third-order valence-corrected chi connectivity index (χ3v) is 3.96. The zero-order chi connectivity index (χ0) is 18.0. The first-order valence-corrected chi connectivity index (χ1v) is 7.76. The molecule has 0 aromatic heterocycles. The number of carbonyl (C=O) groups excluding carboxylic acids is 2. The van der Waals surface area contributed by atoms with Crippen LogP contribution < -0.4 is 9.47 Å². The minimum Gasteiger partial charge on any atom is -0.422 e. The number of hydrogen-bond donors (Lipinski definition) is 0. The Bertz CT molecular complexity index is 1040. The van der Waals surface area contributed by atoms with Gasteiger partial charge < -0.3 is 9.47 Å². The molecule has 124 valence electrons. The molecule has 0 aliphatic rings. The van der Waals surface area contributed by atoms with Crippen LogP contribution in [0.15, 0.2) is 67.8 Å². The van der Waals surface area contributed by atoms with Gasteiger partial charge in [-0.15, -0.1) is 0 Å². The van der Waals surface area contributed by atoms with Crippen LogP contribution in [0, 0.1) is 0 Å². The highest BCUT2D eigenvalue weighted by Crippen LogP contribution is 2.45. The van der Waals surface area contributed by atoms with E-state index in [1.165, 1.54) is 0 Å². The van der Waals surface area contributed by atoms with E-state index < -0.39 is 11.9 Å². The van der Waals surface area contributed by atoms with Gasteiger partial charge in [0.15, 0.2) is 0 Å². The van der Waals surface area contributed by atoms with Gasteiger partial charge in [0.05, 0.1) is 5.02 Å². The number of carbonyl (C=O) groups is 2. The van der Waals surface area contributed by atoms with Crippen LogP contribution in [0.1, 0.15) is 0 Å². The number of esters is 2. The summed E-state index contributed by atoms with van der Waals surface area (Å²) < 4.78 is 10.9. The van der Waals surface area contributed by atoms with Gasteiger partial charge in [0, 0.05) is 33.7 Å². The molecule has 0 spiro atoms. The van der Waals surface area contributed by atoms with E-state index in [9.17, 15) is 9.59 Å². The second kappa shape index (κ2) is 6.79. The molecule has 0 saturated heterocycles. The van der Waals surface area contributed by atoms with Gasteiger partial charge in [-0.25, -0.2) is 9.59 Å². The van der Waals surface area contributed by atoms with Crippen LogP contribution in [0.25, 0.3) is 21.5 Å². The second-order valence-corrected chi connectivity index (χ2v) is 5.52. The smallest absolute Gasteiger partial charge is 0.335 e. The average Bonchev–Trinajstić information content (AvgIpc) is 2.63. The number of hydrogen-bond acceptors (Lipinski definition) is 4. The van der Waals surface area contributed by atoms with Gasteiger partial charge in [-0.3, -0.25) is 0 Å². The van der Waals surface area contributed by atoms with Crippen LogP contribution in [0.2, 0.25) is 5.02 Å². The fourth-order valence-corrected chi connectivity index (χ4v) is 2.86. The Hall–Kier alpha value is -3.11. The Morgan fingerprint density at radius 2 is 1.32 bits per heavy atom. The zero-order valence-corrected chi connectivity index (χ0v) is 13.9. The number of rotatable bonds is 4. The molecular formula is C20H13ClO4. The largest absolute Gasteiger partial charge is 0.422 e. The number of benzene rings is 3. The van der Waals surface area contributed by atoms with Crippen molar-refractivity contribution in [2.24, 2.45) is 0 Å². The fourth-order valence-electron chi connectivity index (χ4n) is 2.60. The van der Waals surface area contributed by atoms with Gasteiger partial charge in [0.1, 0.15) is 11.5 Å². The van der Waals surface area contributed by atoms with Crippen LogP contribution in [0.5, 0.6) is 11.5 Å². The van der Waals surface area contributed by atoms with E-state index in [4.69, 9.17) is 21.1 Å². The van der Waals surface area contributed by atoms with Crippen LogP contribution in [0.4, 0.5) is 0 Å². The summed E-state index contributed by atoms with van der Waals surface area (Å²) in [7, 11) is 0. The molecule has 3 aromatic carbocycles. The molecule has 5 heteroatoms. The predicted molar refractivity (Wildman–Crippen MR) is 98.1 cm³/mol. The van der Waals surface area contributed by atoms with Gasteiger partial charge in [0.2, 0.25) is 0 Å². The molecule has 0 N–H and O–H groups in total. The van der Waals surface area contributed by atoms with Gasteiger partial charge in [-0.05, 0) is 6.07 Å². The Kier molecular flexibility index (Phi) is 4.55. The van der Waals surface area contributed by atoms with Crippen molar-refractivity contribution in [2.75, 3.05) is 0 Å². The van der Waals surface area contributed by atoms with Crippen LogP contribution in [-0.4, -0.2) is 11.9 Å². The van der Waals surface area contributed by atoms with Crippen molar-refractivity contribution in [1.82, 2.24) is 0 Å². The van der Waals surface area contributed by atoms with E-state index >= 15 is 0 Å². The average molecular weight is 353 g/mol. The van der Waals surface area contributed by atoms with E-state index in [1.807, 2.05) is 0 Å². The van der Waals surface area contributed by atoms with E-state index in [1.54, 1.807) is 42.5 Å². The summed E-state index contributed by atoms with van der Waals surface area (Å²) in [5, 5.41) is 2.59. The first kappa shape index (κ1) is 16.7. The maximum atomic E-state index is 11.8. The third kappa shape index (κ3) is 2.99. The highest BCUT2D eigenvalue weighted by molar-refractivity contribution is 6.37. The molecule has 0 atom stereocenters. The van der Waals surface area contributed by atoms with Crippen molar-refractivity contribution in [1.29, 1.82) is 0 Å². The minimum atomic E-state index is -0.609. The third-order valence-electron chi connectivity index (χ3n) is 3.64. The lowest BCUT2D eigenvalue weighted by Gasteiger charge is -2.16. The van der Waals surface area contributed by atoms with E-state index in [0.717, 1.165) is 12.2 Å². The molecule has 0 aliphatic carbocycles. The molecule has 0 aliphatic heterocycles. The molecule has 0 heterocycles. The van der Waals surface area contributed by atoms with Gasteiger partial charge >= 0.3 is 11.9 Å². The molecule has 0 amide bonds. The molecule has 0 bridgehead atoms. The fraction of sp³-hybridized carbons (Fsp3) is 0. The Morgan fingerprint density at radius 3 is 1.92 bits per heavy atom. The number of halogens is 1. The van der Waals surface area contributed by atoms with Crippen molar-refractivity contribution >= 4 is 45.1 Å². The van der Waals surface area contributed by atoms with Crippen LogP contribution in [0.3, 0.4) is 0 Å². The second-order valence-electron chi connectivity index (χ2n) is 5.12. The Morgan fingerprint density at radius 1 is 0.800 bits per heavy atom. The molecule has 0 saturated carbocycles. The zero-order valence-electron chi connectivity index (χ0n) is 13.1. The summed E-state index contributed by atoms with van der Waals surface area (Å²) >= 11 is 6.35. The lowest BCUT2D eigenvalue weighted by atomic mass is 10.0. The number of fused-ring (bicyclic) bond motifs is 2. The lowest BCUT2D eigenvalue weighted by molar-refractivity contribution is -0.129. The van der Waals surface area contributed by atoms with E-state index in [2.05, 4.69) is 13.2 Å². The summed E-state index contributed by atoms with van der Waals surface area (Å²) in [5.41, 5.74) is 0. The van der Waals surface area contributed by atoms with Crippen molar-refractivity contribution in [2.45, 2.75) is 0 Å². The standard InChI is InChI=1S/C20H13ClO4/c1-3-16(22)24-19-12-8-5-6-9-13(12)20(25-17(23)4-2)18-14(19)10-7-11-15(18)21/h3-11H,1-2H2. The molecular weight excluding hydrogens is 340 g/mol.